The molecule has 3 heterocycles. The summed E-state index contributed by atoms with van der Waals surface area (Å²) in [6.07, 6.45) is 4.59. The molecule has 0 spiro atoms. The lowest BCUT2D eigenvalue weighted by atomic mass is 10.3. The van der Waals surface area contributed by atoms with Crippen molar-refractivity contribution < 1.29 is 9.53 Å². The molecule has 0 aliphatic carbocycles. The third kappa shape index (κ3) is 3.72. The Labute approximate surface area is 155 Å². The van der Waals surface area contributed by atoms with Gasteiger partial charge in [0, 0.05) is 38.6 Å². The molecule has 1 aromatic carbocycles. The van der Waals surface area contributed by atoms with Crippen LogP contribution in [-0.4, -0.2) is 65.2 Å². The molecule has 0 N–H and O–H groups in total. The van der Waals surface area contributed by atoms with Crippen molar-refractivity contribution in [3.8, 4) is 0 Å². The second-order valence-corrected chi connectivity index (χ2v) is 6.97. The van der Waals surface area contributed by atoms with E-state index in [1.54, 1.807) is 11.1 Å². The second kappa shape index (κ2) is 7.86. The summed E-state index contributed by atoms with van der Waals surface area (Å²) in [6, 6.07) is 7.91. The molecule has 26 heavy (non-hydrogen) atoms. The minimum atomic E-state index is -0.176. The highest BCUT2D eigenvalue weighted by Gasteiger charge is 2.23. The first-order valence-corrected chi connectivity index (χ1v) is 9.36. The third-order valence-electron chi connectivity index (χ3n) is 4.28. The van der Waals surface area contributed by atoms with Crippen LogP contribution in [-0.2, 0) is 4.74 Å². The molecule has 134 valence electrons. The van der Waals surface area contributed by atoms with Crippen LogP contribution in [0.25, 0.3) is 10.2 Å². The summed E-state index contributed by atoms with van der Waals surface area (Å²) in [5.41, 5.74) is 1.23. The summed E-state index contributed by atoms with van der Waals surface area (Å²) >= 11 is 1.52. The zero-order valence-electron chi connectivity index (χ0n) is 14.2. The first-order chi connectivity index (χ1) is 12.8. The average Bonchev–Trinajstić information content (AvgIpc) is 3.13. The van der Waals surface area contributed by atoms with E-state index < -0.39 is 0 Å². The van der Waals surface area contributed by atoms with Gasteiger partial charge in [-0.15, -0.1) is 0 Å². The molecule has 1 aliphatic heterocycles. The Bertz CT molecular complexity index is 846. The molecule has 1 fully saturated rings. The molecule has 0 bridgehead atoms. The normalized spacial score (nSPS) is 15.2. The molecule has 7 nitrogen and oxygen atoms in total. The lowest BCUT2D eigenvalue weighted by molar-refractivity contribution is 0.0391. The van der Waals surface area contributed by atoms with Gasteiger partial charge in [-0.25, -0.2) is 9.97 Å². The number of rotatable bonds is 5. The molecule has 0 radical (unpaired) electrons. The topological polar surface area (TPSA) is 71.5 Å². The molecule has 2 aromatic heterocycles. The molecule has 1 amide bonds. The van der Waals surface area contributed by atoms with Crippen LogP contribution in [0.15, 0.2) is 42.9 Å². The number of aromatic nitrogens is 3. The van der Waals surface area contributed by atoms with Crippen LogP contribution in [0.4, 0.5) is 5.13 Å². The minimum Gasteiger partial charge on any atom is -0.379 e. The number of ether oxygens (including phenoxy) is 1. The molecule has 0 saturated carbocycles. The van der Waals surface area contributed by atoms with Gasteiger partial charge in [0.15, 0.2) is 5.13 Å². The fourth-order valence-corrected chi connectivity index (χ4v) is 3.86. The number of benzene rings is 1. The fourth-order valence-electron chi connectivity index (χ4n) is 2.87. The molecule has 8 heteroatoms. The second-order valence-electron chi connectivity index (χ2n) is 5.97. The maximum Gasteiger partial charge on any atom is 0.280 e. The summed E-state index contributed by atoms with van der Waals surface area (Å²) < 4.78 is 6.46. The molecule has 1 aliphatic rings. The number of hydrogen-bond donors (Lipinski definition) is 0. The Balaban J connectivity index is 1.60. The number of nitrogens with zero attached hydrogens (tertiary/aromatic N) is 5. The van der Waals surface area contributed by atoms with Gasteiger partial charge < -0.3 is 4.74 Å². The van der Waals surface area contributed by atoms with Gasteiger partial charge in [0.1, 0.15) is 5.69 Å². The number of para-hydroxylation sites is 1. The first-order valence-electron chi connectivity index (χ1n) is 8.55. The van der Waals surface area contributed by atoms with Crippen molar-refractivity contribution in [2.24, 2.45) is 0 Å². The molecular weight excluding hydrogens is 350 g/mol. The number of hydrogen-bond acceptors (Lipinski definition) is 7. The van der Waals surface area contributed by atoms with E-state index in [0.29, 0.717) is 17.4 Å². The highest BCUT2D eigenvalue weighted by Crippen LogP contribution is 2.29. The molecular formula is C18H19N5O2S. The molecule has 1 saturated heterocycles. The van der Waals surface area contributed by atoms with Crippen molar-refractivity contribution in [3.63, 3.8) is 0 Å². The van der Waals surface area contributed by atoms with E-state index in [0.717, 1.165) is 43.1 Å². The Morgan fingerprint density at radius 3 is 2.85 bits per heavy atom. The number of carbonyl (C=O) groups is 1. The Morgan fingerprint density at radius 2 is 2.08 bits per heavy atom. The lowest BCUT2D eigenvalue weighted by Gasteiger charge is -2.29. The highest BCUT2D eigenvalue weighted by atomic mass is 32.1. The van der Waals surface area contributed by atoms with Crippen LogP contribution in [0, 0.1) is 0 Å². The van der Waals surface area contributed by atoms with E-state index in [-0.39, 0.29) is 5.91 Å². The Morgan fingerprint density at radius 1 is 1.23 bits per heavy atom. The van der Waals surface area contributed by atoms with Crippen molar-refractivity contribution in [3.05, 3.63) is 48.5 Å². The van der Waals surface area contributed by atoms with Crippen LogP contribution in [0.5, 0.6) is 0 Å². The summed E-state index contributed by atoms with van der Waals surface area (Å²) in [4.78, 5) is 29.9. The van der Waals surface area contributed by atoms with E-state index in [9.17, 15) is 4.79 Å². The number of thiazole rings is 1. The molecule has 0 atom stereocenters. The van der Waals surface area contributed by atoms with Crippen LogP contribution in [0.2, 0.25) is 0 Å². The number of amides is 1. The molecule has 0 unspecified atom stereocenters. The average molecular weight is 369 g/mol. The van der Waals surface area contributed by atoms with Gasteiger partial charge in [0.2, 0.25) is 0 Å². The Kier molecular flexibility index (Phi) is 5.14. The van der Waals surface area contributed by atoms with Crippen molar-refractivity contribution in [2.75, 3.05) is 44.3 Å². The lowest BCUT2D eigenvalue weighted by Crippen LogP contribution is -2.43. The zero-order valence-corrected chi connectivity index (χ0v) is 15.1. The highest BCUT2D eigenvalue weighted by molar-refractivity contribution is 7.22. The Hall–Kier alpha value is -2.42. The van der Waals surface area contributed by atoms with Crippen LogP contribution >= 0.6 is 11.3 Å². The predicted octanol–water partition coefficient (Wildman–Crippen LogP) is 2.07. The van der Waals surface area contributed by atoms with Crippen molar-refractivity contribution in [1.82, 2.24) is 19.9 Å². The quantitative estimate of drug-likeness (QED) is 0.686. The monoisotopic (exact) mass is 369 g/mol. The van der Waals surface area contributed by atoms with Gasteiger partial charge in [-0.1, -0.05) is 23.5 Å². The molecule has 4 rings (SSSR count). The van der Waals surface area contributed by atoms with E-state index in [4.69, 9.17) is 4.74 Å². The smallest absolute Gasteiger partial charge is 0.280 e. The SMILES string of the molecule is O=C(c1cnccn1)N(CCN1CCOCC1)c1nc2ccccc2s1. The predicted molar refractivity (Wildman–Crippen MR) is 101 cm³/mol. The number of anilines is 1. The number of morpholine rings is 1. The maximum atomic E-state index is 13.0. The standard InChI is InChI=1S/C18H19N5O2S/c24-17(15-13-19-5-6-20-15)23(8-7-22-9-11-25-12-10-22)18-21-14-3-1-2-4-16(14)26-18/h1-6,13H,7-12H2. The largest absolute Gasteiger partial charge is 0.379 e. The summed E-state index contributed by atoms with van der Waals surface area (Å²) in [5.74, 6) is -0.176. The van der Waals surface area contributed by atoms with Crippen molar-refractivity contribution in [2.45, 2.75) is 0 Å². The van der Waals surface area contributed by atoms with Gasteiger partial charge in [-0.05, 0) is 12.1 Å². The van der Waals surface area contributed by atoms with Crippen LogP contribution < -0.4 is 4.90 Å². The maximum absolute atomic E-state index is 13.0. The van der Waals surface area contributed by atoms with Gasteiger partial charge in [0.05, 0.1) is 29.6 Å². The van der Waals surface area contributed by atoms with E-state index in [2.05, 4.69) is 19.9 Å². The summed E-state index contributed by atoms with van der Waals surface area (Å²) in [5, 5.41) is 0.690. The van der Waals surface area contributed by atoms with Crippen molar-refractivity contribution in [1.29, 1.82) is 0 Å². The van der Waals surface area contributed by atoms with Crippen molar-refractivity contribution >= 4 is 32.6 Å². The number of carbonyl (C=O) groups excluding carboxylic acids is 1. The first kappa shape index (κ1) is 17.0. The zero-order chi connectivity index (χ0) is 17.8. The van der Waals surface area contributed by atoms with E-state index >= 15 is 0 Å². The summed E-state index contributed by atoms with van der Waals surface area (Å²) in [7, 11) is 0. The molecule has 3 aromatic rings. The third-order valence-corrected chi connectivity index (χ3v) is 5.34. The fraction of sp³-hybridized carbons (Fsp3) is 0.333. The van der Waals surface area contributed by atoms with Gasteiger partial charge in [-0.3, -0.25) is 19.6 Å². The van der Waals surface area contributed by atoms with Gasteiger partial charge in [-0.2, -0.15) is 0 Å². The summed E-state index contributed by atoms with van der Waals surface area (Å²) in [6.45, 7) is 4.55. The van der Waals surface area contributed by atoms with Crippen LogP contribution in [0.1, 0.15) is 10.5 Å². The van der Waals surface area contributed by atoms with E-state index in [1.807, 2.05) is 24.3 Å². The van der Waals surface area contributed by atoms with Gasteiger partial charge in [0.25, 0.3) is 5.91 Å². The van der Waals surface area contributed by atoms with Crippen LogP contribution in [0.3, 0.4) is 0 Å². The van der Waals surface area contributed by atoms with Gasteiger partial charge >= 0.3 is 0 Å². The number of fused-ring (bicyclic) bond motifs is 1. The van der Waals surface area contributed by atoms with E-state index in [1.165, 1.54) is 23.7 Å². The minimum absolute atomic E-state index is 0.176.